The molecule has 0 spiro atoms. The van der Waals surface area contributed by atoms with Crippen LogP contribution in [0.4, 0.5) is 31.1 Å². The van der Waals surface area contributed by atoms with Gasteiger partial charge in [-0.25, -0.2) is 4.79 Å². The number of halogens is 6. The fourth-order valence-corrected chi connectivity index (χ4v) is 6.76. The number of imide groups is 1. The standard InChI is InChI=1S/C39H36F6N2O7/c1-3-7-24-19-27(37(51,38(40,41)42)39(43,44)45)11-15-32(24)54-28-12-13-29(33(20-28)53-22-23-8-5-4-6-9-23)30(48)21-47-34(49)36(2,46-35(47)50)26-10-14-31-25(18-26)16-17-52-31/h4-6,8-9,11-15,18-20,26,51H,3,7,10,16-17,21-22H2,1-2H3,(H,46,50). The molecule has 2 unspecified atom stereocenters. The average molecular weight is 759 g/mol. The molecular formula is C39H36F6N2O7. The molecule has 1 aliphatic carbocycles. The van der Waals surface area contributed by atoms with Crippen LogP contribution in [-0.4, -0.2) is 58.8 Å². The highest BCUT2D eigenvalue weighted by molar-refractivity contribution is 6.11. The van der Waals surface area contributed by atoms with E-state index in [2.05, 4.69) is 5.32 Å². The number of ether oxygens (including phenoxy) is 3. The van der Waals surface area contributed by atoms with Crippen LogP contribution in [-0.2, 0) is 28.2 Å². The maximum atomic E-state index is 13.8. The number of allylic oxidation sites excluding steroid dienone is 2. The summed E-state index contributed by atoms with van der Waals surface area (Å²) in [6.45, 7) is 3.15. The number of amides is 3. The number of Topliss-reactive ketones (excluding diaryl/α,β-unsaturated/α-hetero) is 1. The molecule has 3 amide bonds. The van der Waals surface area contributed by atoms with Crippen molar-refractivity contribution in [2.45, 2.75) is 69.6 Å². The molecule has 9 nitrogen and oxygen atoms in total. The molecule has 2 heterocycles. The van der Waals surface area contributed by atoms with Crippen molar-refractivity contribution in [1.82, 2.24) is 10.2 Å². The molecule has 3 aliphatic rings. The minimum Gasteiger partial charge on any atom is -0.493 e. The van der Waals surface area contributed by atoms with Gasteiger partial charge < -0.3 is 24.6 Å². The molecule has 286 valence electrons. The van der Waals surface area contributed by atoms with Gasteiger partial charge in [0.15, 0.2) is 5.78 Å². The molecule has 2 fully saturated rings. The first kappa shape index (κ1) is 38.4. The highest BCUT2D eigenvalue weighted by Crippen LogP contribution is 2.51. The minimum atomic E-state index is -6.07. The van der Waals surface area contributed by atoms with Gasteiger partial charge in [0.2, 0.25) is 0 Å². The number of benzene rings is 3. The van der Waals surface area contributed by atoms with Gasteiger partial charge in [0, 0.05) is 24.0 Å². The summed E-state index contributed by atoms with van der Waals surface area (Å²) in [6, 6.07) is 14.1. The van der Waals surface area contributed by atoms with Gasteiger partial charge in [-0.2, -0.15) is 26.3 Å². The molecule has 0 radical (unpaired) electrons. The SMILES string of the molecule is CCCc1cc(C(O)(C(F)(F)F)C(F)(F)F)ccc1Oc1ccc(C(=O)CN2C(=O)NC(C)(C3C=C4CCOC4=CC3)C2=O)c(OCc2ccccc2)c1. The maximum Gasteiger partial charge on any atom is 0.430 e. The van der Waals surface area contributed by atoms with Crippen molar-refractivity contribution in [3.05, 3.63) is 112 Å². The van der Waals surface area contributed by atoms with E-state index >= 15 is 0 Å². The number of hydrogen-bond donors (Lipinski definition) is 2. The molecule has 6 rings (SSSR count). The predicted molar refractivity (Wildman–Crippen MR) is 182 cm³/mol. The Bertz CT molecular complexity index is 2000. The van der Waals surface area contributed by atoms with Gasteiger partial charge >= 0.3 is 18.4 Å². The van der Waals surface area contributed by atoms with Crippen molar-refractivity contribution in [2.75, 3.05) is 13.2 Å². The van der Waals surface area contributed by atoms with Gasteiger partial charge in [-0.1, -0.05) is 55.8 Å². The molecule has 15 heteroatoms. The molecule has 3 aromatic carbocycles. The summed E-state index contributed by atoms with van der Waals surface area (Å²) in [6.07, 6.45) is -6.90. The number of alkyl halides is 6. The second-order valence-electron chi connectivity index (χ2n) is 13.5. The lowest BCUT2D eigenvalue weighted by Gasteiger charge is -2.33. The molecular weight excluding hydrogens is 722 g/mol. The van der Waals surface area contributed by atoms with E-state index < -0.39 is 53.3 Å². The number of ketones is 1. The number of hydrogen-bond acceptors (Lipinski definition) is 7. The number of nitrogens with zero attached hydrogens (tertiary/aromatic N) is 1. The van der Waals surface area contributed by atoms with Gasteiger partial charge in [0.25, 0.3) is 11.5 Å². The summed E-state index contributed by atoms with van der Waals surface area (Å²) in [5.41, 5.74) is -6.25. The number of carbonyl (C=O) groups excluding carboxylic acids is 3. The topological polar surface area (TPSA) is 114 Å². The van der Waals surface area contributed by atoms with Crippen molar-refractivity contribution < 1.29 is 60.0 Å². The molecule has 2 atom stereocenters. The largest absolute Gasteiger partial charge is 0.493 e. The van der Waals surface area contributed by atoms with Crippen LogP contribution in [0.25, 0.3) is 0 Å². The normalized spacial score (nSPS) is 20.2. The lowest BCUT2D eigenvalue weighted by molar-refractivity contribution is -0.376. The van der Waals surface area contributed by atoms with Gasteiger partial charge in [-0.15, -0.1) is 0 Å². The smallest absolute Gasteiger partial charge is 0.430 e. The van der Waals surface area contributed by atoms with Crippen molar-refractivity contribution in [3.63, 3.8) is 0 Å². The number of carbonyl (C=O) groups is 3. The Labute approximate surface area is 306 Å². The molecule has 2 saturated heterocycles. The average Bonchev–Trinajstić information content (AvgIpc) is 3.68. The summed E-state index contributed by atoms with van der Waals surface area (Å²) in [4.78, 5) is 41.6. The lowest BCUT2D eigenvalue weighted by Crippen LogP contribution is -2.53. The molecule has 54 heavy (non-hydrogen) atoms. The third-order valence-corrected chi connectivity index (χ3v) is 9.79. The van der Waals surface area contributed by atoms with Crippen LogP contribution >= 0.6 is 0 Å². The Hall–Kier alpha value is -5.31. The summed E-state index contributed by atoms with van der Waals surface area (Å²) in [7, 11) is 0. The van der Waals surface area contributed by atoms with Gasteiger partial charge in [0.05, 0.1) is 18.7 Å². The van der Waals surface area contributed by atoms with E-state index in [4.69, 9.17) is 14.2 Å². The zero-order valence-electron chi connectivity index (χ0n) is 29.1. The summed E-state index contributed by atoms with van der Waals surface area (Å²) in [5.74, 6) is -0.953. The molecule has 2 aliphatic heterocycles. The zero-order chi connectivity index (χ0) is 39.1. The number of urea groups is 1. The molecule has 2 N–H and O–H groups in total. The number of aliphatic hydroxyl groups is 1. The van der Waals surface area contributed by atoms with Crippen LogP contribution < -0.4 is 14.8 Å². The molecule has 0 saturated carbocycles. The zero-order valence-corrected chi connectivity index (χ0v) is 29.1. The first-order chi connectivity index (χ1) is 25.5. The monoisotopic (exact) mass is 758 g/mol. The fraction of sp³-hybridized carbons (Fsp3) is 0.359. The quantitative estimate of drug-likeness (QED) is 0.109. The number of fused-ring (bicyclic) bond motifs is 1. The maximum absolute atomic E-state index is 13.8. The predicted octanol–water partition coefficient (Wildman–Crippen LogP) is 8.07. The van der Waals surface area contributed by atoms with Crippen LogP contribution in [0.2, 0.25) is 0 Å². The highest BCUT2D eigenvalue weighted by Gasteiger charge is 2.71. The van der Waals surface area contributed by atoms with Crippen molar-refractivity contribution in [1.29, 1.82) is 0 Å². The highest BCUT2D eigenvalue weighted by atomic mass is 19.4. The summed E-state index contributed by atoms with van der Waals surface area (Å²) in [5, 5.41) is 12.7. The second kappa shape index (κ2) is 14.5. The van der Waals surface area contributed by atoms with Crippen LogP contribution in [0, 0.1) is 5.92 Å². The summed E-state index contributed by atoms with van der Waals surface area (Å²) >= 11 is 0. The van der Waals surface area contributed by atoms with E-state index in [1.807, 2.05) is 12.2 Å². The van der Waals surface area contributed by atoms with E-state index in [0.717, 1.165) is 27.9 Å². The van der Waals surface area contributed by atoms with E-state index in [1.54, 1.807) is 44.2 Å². The number of rotatable bonds is 12. The van der Waals surface area contributed by atoms with E-state index in [1.165, 1.54) is 18.2 Å². The first-order valence-electron chi connectivity index (χ1n) is 17.2. The number of aryl methyl sites for hydroxylation is 1. The van der Waals surface area contributed by atoms with Crippen molar-refractivity contribution >= 4 is 17.7 Å². The molecule has 3 aromatic rings. The lowest BCUT2D eigenvalue weighted by atomic mass is 9.79. The van der Waals surface area contributed by atoms with Gasteiger partial charge in [-0.05, 0) is 66.8 Å². The van der Waals surface area contributed by atoms with E-state index in [0.29, 0.717) is 38.0 Å². The number of nitrogens with one attached hydrogen (secondary N) is 1. The minimum absolute atomic E-state index is 0.00304. The Kier molecular flexibility index (Phi) is 10.3. The Morgan fingerprint density at radius 2 is 1.72 bits per heavy atom. The Morgan fingerprint density at radius 1 is 1.00 bits per heavy atom. The molecule has 0 aromatic heterocycles. The van der Waals surface area contributed by atoms with Crippen LogP contribution in [0.3, 0.4) is 0 Å². The third kappa shape index (κ3) is 7.16. The second-order valence-corrected chi connectivity index (χ2v) is 13.5. The Balaban J connectivity index is 1.28. The van der Waals surface area contributed by atoms with Crippen LogP contribution in [0.5, 0.6) is 17.2 Å². The van der Waals surface area contributed by atoms with Crippen LogP contribution in [0.15, 0.2) is 90.2 Å². The molecule has 0 bridgehead atoms. The van der Waals surface area contributed by atoms with Gasteiger partial charge in [-0.3, -0.25) is 14.5 Å². The Morgan fingerprint density at radius 3 is 2.41 bits per heavy atom. The third-order valence-electron chi connectivity index (χ3n) is 9.79. The van der Waals surface area contributed by atoms with E-state index in [9.17, 15) is 45.8 Å². The first-order valence-corrected chi connectivity index (χ1v) is 17.2. The van der Waals surface area contributed by atoms with Crippen molar-refractivity contribution in [3.8, 4) is 17.2 Å². The van der Waals surface area contributed by atoms with E-state index in [-0.39, 0.29) is 47.3 Å². The van der Waals surface area contributed by atoms with Crippen molar-refractivity contribution in [2.24, 2.45) is 5.92 Å². The van der Waals surface area contributed by atoms with Gasteiger partial charge in [0.1, 0.15) is 35.2 Å². The fourth-order valence-electron chi connectivity index (χ4n) is 6.76. The van der Waals surface area contributed by atoms with Crippen LogP contribution in [0.1, 0.15) is 60.2 Å². The summed E-state index contributed by atoms with van der Waals surface area (Å²) < 4.78 is 99.4.